The Kier molecular flexibility index (Phi) is 5.61. The minimum Gasteiger partial charge on any atom is -0.488 e. The van der Waals surface area contributed by atoms with Crippen LogP contribution in [0.5, 0.6) is 5.75 Å². The molecule has 0 spiro atoms. The maximum atomic E-state index is 11.8. The second-order valence-corrected chi connectivity index (χ2v) is 6.39. The highest BCUT2D eigenvalue weighted by molar-refractivity contribution is 6.06. The van der Waals surface area contributed by atoms with Crippen molar-refractivity contribution in [1.29, 1.82) is 5.26 Å². The van der Waals surface area contributed by atoms with Gasteiger partial charge in [0.2, 0.25) is 0 Å². The zero-order valence-electron chi connectivity index (χ0n) is 15.5. The zero-order chi connectivity index (χ0) is 21.0. The van der Waals surface area contributed by atoms with Crippen LogP contribution in [-0.4, -0.2) is 22.2 Å². The second kappa shape index (κ2) is 8.28. The van der Waals surface area contributed by atoms with Gasteiger partial charge in [0.15, 0.2) is 0 Å². The average molecular weight is 387 g/mol. The predicted octanol–water partition coefficient (Wildman–Crippen LogP) is 4.51. The van der Waals surface area contributed by atoms with E-state index in [0.717, 1.165) is 5.56 Å². The van der Waals surface area contributed by atoms with Crippen molar-refractivity contribution in [2.45, 2.75) is 13.5 Å². The number of carboxylic acids is 2. The molecular weight excluding hydrogens is 370 g/mol. The van der Waals surface area contributed by atoms with Gasteiger partial charge in [-0.1, -0.05) is 42.5 Å². The molecule has 2 N–H and O–H groups in total. The molecule has 0 aliphatic rings. The molecule has 0 aromatic heterocycles. The Balaban J connectivity index is 2.07. The van der Waals surface area contributed by atoms with Crippen LogP contribution in [0.1, 0.15) is 37.4 Å². The topological polar surface area (TPSA) is 108 Å². The van der Waals surface area contributed by atoms with Crippen molar-refractivity contribution in [2.75, 3.05) is 0 Å². The number of carboxylic acid groups (broad SMARTS) is 2. The molecule has 3 aromatic rings. The van der Waals surface area contributed by atoms with E-state index in [2.05, 4.69) is 0 Å². The van der Waals surface area contributed by atoms with Crippen LogP contribution in [0.25, 0.3) is 11.1 Å². The number of nitrogens with zero attached hydrogens (tertiary/aromatic N) is 1. The largest absolute Gasteiger partial charge is 0.488 e. The van der Waals surface area contributed by atoms with E-state index in [1.807, 2.05) is 36.4 Å². The Morgan fingerprint density at radius 2 is 1.72 bits per heavy atom. The summed E-state index contributed by atoms with van der Waals surface area (Å²) in [6.45, 7) is 1.86. The van der Waals surface area contributed by atoms with Gasteiger partial charge < -0.3 is 14.9 Å². The molecule has 0 bridgehead atoms. The van der Waals surface area contributed by atoms with Crippen LogP contribution in [0.2, 0.25) is 0 Å². The average Bonchev–Trinajstić information content (AvgIpc) is 2.72. The first-order valence-corrected chi connectivity index (χ1v) is 8.73. The highest BCUT2D eigenvalue weighted by Crippen LogP contribution is 2.33. The summed E-state index contributed by atoms with van der Waals surface area (Å²) < 4.78 is 5.73. The van der Waals surface area contributed by atoms with Crippen LogP contribution < -0.4 is 4.74 Å². The van der Waals surface area contributed by atoms with Gasteiger partial charge in [0.1, 0.15) is 18.4 Å². The summed E-state index contributed by atoms with van der Waals surface area (Å²) in [5.74, 6) is -2.14. The van der Waals surface area contributed by atoms with Crippen LogP contribution in [-0.2, 0) is 6.61 Å². The summed E-state index contributed by atoms with van der Waals surface area (Å²) in [6.07, 6.45) is 0. The summed E-state index contributed by atoms with van der Waals surface area (Å²) in [5, 5.41) is 28.7. The lowest BCUT2D eigenvalue weighted by Crippen LogP contribution is -2.09. The summed E-state index contributed by atoms with van der Waals surface area (Å²) >= 11 is 0. The first-order chi connectivity index (χ1) is 13.9. The van der Waals surface area contributed by atoms with Gasteiger partial charge in [0.25, 0.3) is 0 Å². The molecule has 0 unspecified atom stereocenters. The molecule has 29 heavy (non-hydrogen) atoms. The molecule has 0 saturated carbocycles. The standard InChI is InChI=1S/C23H17NO5/c1-14-7-9-18(22(25)26)21(20(14)23(27)28)16-8-10-19(17(11-16)12-24)29-13-15-5-3-2-4-6-15/h2-11H,13H2,1H3,(H,25,26)(H,27,28). The lowest BCUT2D eigenvalue weighted by molar-refractivity contribution is 0.0695. The van der Waals surface area contributed by atoms with Crippen molar-refractivity contribution >= 4 is 11.9 Å². The maximum Gasteiger partial charge on any atom is 0.336 e. The normalized spacial score (nSPS) is 10.2. The van der Waals surface area contributed by atoms with Gasteiger partial charge >= 0.3 is 11.9 Å². The van der Waals surface area contributed by atoms with Crippen molar-refractivity contribution in [2.24, 2.45) is 0 Å². The molecule has 3 rings (SSSR count). The van der Waals surface area contributed by atoms with Gasteiger partial charge in [-0.25, -0.2) is 9.59 Å². The monoisotopic (exact) mass is 387 g/mol. The van der Waals surface area contributed by atoms with Gasteiger partial charge in [-0.3, -0.25) is 0 Å². The molecule has 0 heterocycles. The molecule has 0 saturated heterocycles. The SMILES string of the molecule is Cc1ccc(C(=O)O)c(-c2ccc(OCc3ccccc3)c(C#N)c2)c1C(=O)O. The number of hydrogen-bond acceptors (Lipinski definition) is 4. The number of aromatic carboxylic acids is 2. The van der Waals surface area contributed by atoms with E-state index in [1.54, 1.807) is 19.1 Å². The van der Waals surface area contributed by atoms with Gasteiger partial charge in [-0.2, -0.15) is 5.26 Å². The van der Waals surface area contributed by atoms with E-state index in [1.165, 1.54) is 18.2 Å². The van der Waals surface area contributed by atoms with E-state index < -0.39 is 11.9 Å². The maximum absolute atomic E-state index is 11.8. The van der Waals surface area contributed by atoms with E-state index in [9.17, 15) is 25.1 Å². The Hall–Kier alpha value is -4.11. The lowest BCUT2D eigenvalue weighted by Gasteiger charge is -2.15. The highest BCUT2D eigenvalue weighted by atomic mass is 16.5. The fourth-order valence-electron chi connectivity index (χ4n) is 3.09. The third-order valence-electron chi connectivity index (χ3n) is 4.48. The van der Waals surface area contributed by atoms with Crippen LogP contribution in [0.15, 0.2) is 60.7 Å². The van der Waals surface area contributed by atoms with E-state index in [4.69, 9.17) is 4.74 Å². The van der Waals surface area contributed by atoms with Crippen molar-refractivity contribution in [3.63, 3.8) is 0 Å². The first kappa shape index (κ1) is 19.6. The molecule has 6 heteroatoms. The Bertz CT molecular complexity index is 1130. The number of hydrogen-bond donors (Lipinski definition) is 2. The molecule has 144 valence electrons. The van der Waals surface area contributed by atoms with Gasteiger partial charge in [-0.15, -0.1) is 0 Å². The molecule has 0 fully saturated rings. The first-order valence-electron chi connectivity index (χ1n) is 8.73. The van der Waals surface area contributed by atoms with Gasteiger partial charge in [-0.05, 0) is 41.8 Å². The number of carbonyl (C=O) groups is 2. The Labute approximate surface area is 167 Å². The van der Waals surface area contributed by atoms with Gasteiger partial charge in [0, 0.05) is 5.56 Å². The molecular formula is C23H17NO5. The molecule has 0 amide bonds. The lowest BCUT2D eigenvalue weighted by atomic mass is 9.90. The quantitative estimate of drug-likeness (QED) is 0.644. The smallest absolute Gasteiger partial charge is 0.336 e. The number of nitriles is 1. The Morgan fingerprint density at radius 3 is 2.34 bits per heavy atom. The van der Waals surface area contributed by atoms with Crippen molar-refractivity contribution in [3.8, 4) is 22.9 Å². The van der Waals surface area contributed by atoms with Crippen molar-refractivity contribution in [1.82, 2.24) is 0 Å². The molecule has 3 aromatic carbocycles. The van der Waals surface area contributed by atoms with Crippen molar-refractivity contribution in [3.05, 3.63) is 88.5 Å². The third kappa shape index (κ3) is 4.09. The number of ether oxygens (including phenoxy) is 1. The summed E-state index contributed by atoms with van der Waals surface area (Å²) in [5.41, 5.74) is 1.69. The Morgan fingerprint density at radius 1 is 1.00 bits per heavy atom. The number of aryl methyl sites for hydroxylation is 1. The van der Waals surface area contributed by atoms with Crippen molar-refractivity contribution < 1.29 is 24.5 Å². The molecule has 0 radical (unpaired) electrons. The predicted molar refractivity (Wildman–Crippen MR) is 106 cm³/mol. The van der Waals surface area contributed by atoms with Crippen LogP contribution >= 0.6 is 0 Å². The molecule has 0 aliphatic carbocycles. The summed E-state index contributed by atoms with van der Waals surface area (Å²) in [7, 11) is 0. The van der Waals surface area contributed by atoms with E-state index >= 15 is 0 Å². The van der Waals surface area contributed by atoms with E-state index in [0.29, 0.717) is 16.9 Å². The fourth-order valence-corrected chi connectivity index (χ4v) is 3.09. The van der Waals surface area contributed by atoms with Crippen LogP contribution in [0, 0.1) is 18.3 Å². The summed E-state index contributed by atoms with van der Waals surface area (Å²) in [6, 6.07) is 18.9. The summed E-state index contributed by atoms with van der Waals surface area (Å²) in [4.78, 5) is 23.5. The van der Waals surface area contributed by atoms with Crippen LogP contribution in [0.3, 0.4) is 0 Å². The number of rotatable bonds is 6. The van der Waals surface area contributed by atoms with E-state index in [-0.39, 0.29) is 28.9 Å². The van der Waals surface area contributed by atoms with Gasteiger partial charge in [0.05, 0.1) is 16.7 Å². The third-order valence-corrected chi connectivity index (χ3v) is 4.48. The second-order valence-electron chi connectivity index (χ2n) is 6.39. The molecule has 0 atom stereocenters. The zero-order valence-corrected chi connectivity index (χ0v) is 15.5. The molecule has 0 aliphatic heterocycles. The minimum atomic E-state index is -1.24. The highest BCUT2D eigenvalue weighted by Gasteiger charge is 2.23. The fraction of sp³-hybridized carbons (Fsp3) is 0.0870. The van der Waals surface area contributed by atoms with Crippen LogP contribution in [0.4, 0.5) is 0 Å². The molecule has 6 nitrogen and oxygen atoms in total. The minimum absolute atomic E-state index is 0.0658. The number of benzene rings is 3.